The van der Waals surface area contributed by atoms with E-state index in [9.17, 15) is 18.0 Å². The first kappa shape index (κ1) is 24.8. The molecule has 198 valence electrons. The van der Waals surface area contributed by atoms with Gasteiger partial charge in [-0.15, -0.1) is 0 Å². The van der Waals surface area contributed by atoms with Crippen LogP contribution in [0.25, 0.3) is 21.9 Å². The van der Waals surface area contributed by atoms with Crippen LogP contribution in [-0.2, 0) is 32.6 Å². The summed E-state index contributed by atoms with van der Waals surface area (Å²) >= 11 is 0. The van der Waals surface area contributed by atoms with Gasteiger partial charge in [-0.1, -0.05) is 6.92 Å². The van der Waals surface area contributed by atoms with Gasteiger partial charge in [-0.05, 0) is 53.8 Å². The summed E-state index contributed by atoms with van der Waals surface area (Å²) in [6.07, 6.45) is 6.22. The molecular formula is C28H24F3N7O. The van der Waals surface area contributed by atoms with Gasteiger partial charge in [0.25, 0.3) is 5.91 Å². The third-order valence-electron chi connectivity index (χ3n) is 6.98. The van der Waals surface area contributed by atoms with E-state index >= 15 is 0 Å². The highest BCUT2D eigenvalue weighted by molar-refractivity contribution is 6.12. The summed E-state index contributed by atoms with van der Waals surface area (Å²) in [4.78, 5) is 28.7. The minimum absolute atomic E-state index is 0.0445. The predicted octanol–water partition coefficient (Wildman–Crippen LogP) is 5.06. The SMILES string of the molecule is CCc1cc2c(N3CCc4c(cc(Cn5ccnc5)cc4-c4cn(C)nc4C(F)(F)F)C3=O)nccc2cn1. The number of nitrogens with zero attached hydrogens (tertiary/aromatic N) is 7. The van der Waals surface area contributed by atoms with Crippen molar-refractivity contribution in [2.24, 2.45) is 7.05 Å². The normalized spacial score (nSPS) is 13.8. The lowest BCUT2D eigenvalue weighted by Gasteiger charge is -2.30. The number of halogens is 3. The fourth-order valence-corrected chi connectivity index (χ4v) is 5.18. The quantitative estimate of drug-likeness (QED) is 0.317. The van der Waals surface area contributed by atoms with Crippen molar-refractivity contribution in [2.75, 3.05) is 11.4 Å². The number of fused-ring (bicyclic) bond motifs is 2. The maximum absolute atomic E-state index is 14.0. The first-order valence-electron chi connectivity index (χ1n) is 12.5. The third-order valence-corrected chi connectivity index (χ3v) is 6.98. The van der Waals surface area contributed by atoms with Crippen LogP contribution in [-0.4, -0.2) is 41.8 Å². The van der Waals surface area contributed by atoms with Crippen molar-refractivity contribution in [1.82, 2.24) is 29.3 Å². The van der Waals surface area contributed by atoms with E-state index in [4.69, 9.17) is 0 Å². The van der Waals surface area contributed by atoms with Crippen LogP contribution in [0.4, 0.5) is 19.0 Å². The van der Waals surface area contributed by atoms with E-state index < -0.39 is 11.9 Å². The van der Waals surface area contributed by atoms with Crippen LogP contribution in [0.5, 0.6) is 0 Å². The molecule has 1 aliphatic heterocycles. The van der Waals surface area contributed by atoms with Crippen molar-refractivity contribution in [3.8, 4) is 11.1 Å². The van der Waals surface area contributed by atoms with Crippen LogP contribution in [0.2, 0.25) is 0 Å². The fourth-order valence-electron chi connectivity index (χ4n) is 5.18. The zero-order chi connectivity index (χ0) is 27.3. The van der Waals surface area contributed by atoms with E-state index in [-0.39, 0.29) is 18.0 Å². The van der Waals surface area contributed by atoms with Crippen LogP contribution in [0.15, 0.2) is 61.6 Å². The average molecular weight is 532 g/mol. The van der Waals surface area contributed by atoms with Crippen molar-refractivity contribution in [2.45, 2.75) is 32.5 Å². The highest BCUT2D eigenvalue weighted by atomic mass is 19.4. The lowest BCUT2D eigenvalue weighted by molar-refractivity contribution is -0.140. The number of aromatic nitrogens is 6. The Morgan fingerprint density at radius 1 is 1.05 bits per heavy atom. The van der Waals surface area contributed by atoms with Crippen molar-refractivity contribution in [3.05, 3.63) is 89.7 Å². The van der Waals surface area contributed by atoms with Gasteiger partial charge in [-0.3, -0.25) is 19.4 Å². The zero-order valence-corrected chi connectivity index (χ0v) is 21.3. The zero-order valence-electron chi connectivity index (χ0n) is 21.3. The number of alkyl halides is 3. The molecule has 0 aliphatic carbocycles. The van der Waals surface area contributed by atoms with Gasteiger partial charge in [0.15, 0.2) is 5.69 Å². The molecule has 5 aromatic rings. The molecule has 39 heavy (non-hydrogen) atoms. The van der Waals surface area contributed by atoms with E-state index in [1.807, 2.05) is 19.1 Å². The number of anilines is 1. The Hall–Kier alpha value is -4.54. The van der Waals surface area contributed by atoms with E-state index in [2.05, 4.69) is 20.1 Å². The molecule has 4 aromatic heterocycles. The fraction of sp³-hybridized carbons (Fsp3) is 0.250. The molecule has 0 atom stereocenters. The molecule has 11 heteroatoms. The summed E-state index contributed by atoms with van der Waals surface area (Å²) in [7, 11) is 1.46. The van der Waals surface area contributed by atoms with E-state index in [1.54, 1.807) is 52.7 Å². The van der Waals surface area contributed by atoms with Gasteiger partial charge < -0.3 is 4.57 Å². The molecule has 8 nitrogen and oxygen atoms in total. The van der Waals surface area contributed by atoms with Gasteiger partial charge in [0.1, 0.15) is 5.82 Å². The Morgan fingerprint density at radius 2 is 1.87 bits per heavy atom. The molecule has 6 rings (SSSR count). The Balaban J connectivity index is 1.52. The molecule has 0 spiro atoms. The van der Waals surface area contributed by atoms with Crippen molar-refractivity contribution >= 4 is 22.5 Å². The molecule has 1 aliphatic rings. The van der Waals surface area contributed by atoms with Gasteiger partial charge >= 0.3 is 6.18 Å². The van der Waals surface area contributed by atoms with Crippen LogP contribution in [0.3, 0.4) is 0 Å². The summed E-state index contributed by atoms with van der Waals surface area (Å²) in [6.45, 7) is 2.62. The Kier molecular flexibility index (Phi) is 5.93. The summed E-state index contributed by atoms with van der Waals surface area (Å²) in [6, 6.07) is 7.27. The molecule has 0 bridgehead atoms. The van der Waals surface area contributed by atoms with Crippen molar-refractivity contribution in [3.63, 3.8) is 0 Å². The summed E-state index contributed by atoms with van der Waals surface area (Å²) in [5, 5.41) is 5.37. The van der Waals surface area contributed by atoms with Crippen LogP contribution >= 0.6 is 0 Å². The summed E-state index contributed by atoms with van der Waals surface area (Å²) in [5.41, 5.74) is 1.82. The number of carbonyl (C=O) groups is 1. The molecule has 0 fully saturated rings. The van der Waals surface area contributed by atoms with E-state index in [0.29, 0.717) is 41.0 Å². The molecule has 1 aromatic carbocycles. The first-order chi connectivity index (χ1) is 18.7. The topological polar surface area (TPSA) is 81.7 Å². The minimum Gasteiger partial charge on any atom is -0.333 e. The minimum atomic E-state index is -4.65. The number of hydrogen-bond acceptors (Lipinski definition) is 5. The second-order valence-electron chi connectivity index (χ2n) is 9.56. The van der Waals surface area contributed by atoms with Crippen molar-refractivity contribution < 1.29 is 18.0 Å². The third kappa shape index (κ3) is 4.43. The number of pyridine rings is 2. The Labute approximate surface area is 221 Å². The Morgan fingerprint density at radius 3 is 2.62 bits per heavy atom. The lowest BCUT2D eigenvalue weighted by Crippen LogP contribution is -2.38. The van der Waals surface area contributed by atoms with Gasteiger partial charge in [0, 0.05) is 78.7 Å². The lowest BCUT2D eigenvalue weighted by atomic mass is 9.88. The molecule has 0 unspecified atom stereocenters. The summed E-state index contributed by atoms with van der Waals surface area (Å²) in [5.74, 6) is 0.205. The van der Waals surface area contributed by atoms with Gasteiger partial charge in [-0.25, -0.2) is 9.97 Å². The molecule has 0 saturated heterocycles. The monoisotopic (exact) mass is 531 g/mol. The Bertz CT molecular complexity index is 1710. The maximum Gasteiger partial charge on any atom is 0.435 e. The average Bonchev–Trinajstić information content (AvgIpc) is 3.58. The molecule has 5 heterocycles. The molecular weight excluding hydrogens is 507 g/mol. The van der Waals surface area contributed by atoms with Crippen LogP contribution < -0.4 is 4.90 Å². The van der Waals surface area contributed by atoms with E-state index in [1.165, 1.54) is 13.2 Å². The molecule has 0 saturated carbocycles. The number of rotatable bonds is 5. The number of hydrogen-bond donors (Lipinski definition) is 0. The standard InChI is InChI=1S/C28H24F3N7O/c1-3-19-12-21-18(13-34-19)4-6-33-26(21)38-8-5-20-22(24-15-36(2)35-25(24)28(29,30)31)10-17(11-23(20)27(38)39)14-37-9-7-32-16-37/h4,6-7,9-13,15-16H,3,5,8,14H2,1-2H3. The van der Waals surface area contributed by atoms with E-state index in [0.717, 1.165) is 27.6 Å². The van der Waals surface area contributed by atoms with Crippen LogP contribution in [0.1, 0.15) is 39.8 Å². The largest absolute Gasteiger partial charge is 0.435 e. The number of amides is 1. The van der Waals surface area contributed by atoms with Gasteiger partial charge in [0.05, 0.1) is 6.33 Å². The number of imidazole rings is 1. The second-order valence-corrected chi connectivity index (χ2v) is 9.56. The molecule has 1 amide bonds. The van der Waals surface area contributed by atoms with Gasteiger partial charge in [-0.2, -0.15) is 18.3 Å². The number of aryl methyl sites for hydroxylation is 2. The second kappa shape index (κ2) is 9.33. The van der Waals surface area contributed by atoms with Crippen molar-refractivity contribution in [1.29, 1.82) is 0 Å². The number of carbonyl (C=O) groups excluding carboxylic acids is 1. The predicted molar refractivity (Wildman–Crippen MR) is 139 cm³/mol. The smallest absolute Gasteiger partial charge is 0.333 e. The first-order valence-corrected chi connectivity index (χ1v) is 12.5. The molecule has 0 radical (unpaired) electrons. The highest BCUT2D eigenvalue weighted by Crippen LogP contribution is 2.40. The highest BCUT2D eigenvalue weighted by Gasteiger charge is 2.39. The maximum atomic E-state index is 14.0. The molecule has 0 N–H and O–H groups in total. The number of benzene rings is 1. The van der Waals surface area contributed by atoms with Crippen LogP contribution in [0, 0.1) is 0 Å². The van der Waals surface area contributed by atoms with Gasteiger partial charge in [0.2, 0.25) is 0 Å². The summed E-state index contributed by atoms with van der Waals surface area (Å²) < 4.78 is 44.9.